The number of nitrogens with one attached hydrogen (secondary N) is 2. The van der Waals surface area contributed by atoms with Gasteiger partial charge >= 0.3 is 0 Å². The van der Waals surface area contributed by atoms with Crippen LogP contribution in [0.4, 0.5) is 0 Å². The molecule has 6 nitrogen and oxygen atoms in total. The molecule has 0 aliphatic heterocycles. The first-order valence-corrected chi connectivity index (χ1v) is 7.08. The van der Waals surface area contributed by atoms with E-state index < -0.39 is 6.10 Å². The smallest absolute Gasteiger partial charge is 0.221 e. The predicted octanol–water partition coefficient (Wildman–Crippen LogP) is 0.551. The fourth-order valence-corrected chi connectivity index (χ4v) is 1.70. The Morgan fingerprint density at radius 2 is 2.14 bits per heavy atom. The zero-order chi connectivity index (χ0) is 15.5. The maximum Gasteiger partial charge on any atom is 0.221 e. The van der Waals surface area contributed by atoms with Gasteiger partial charge < -0.3 is 25.2 Å². The van der Waals surface area contributed by atoms with Gasteiger partial charge in [-0.05, 0) is 19.1 Å². The van der Waals surface area contributed by atoms with Crippen LogP contribution in [0.5, 0.6) is 11.5 Å². The second-order valence-electron chi connectivity index (χ2n) is 4.55. The molecule has 0 aromatic heterocycles. The van der Waals surface area contributed by atoms with E-state index >= 15 is 0 Å². The first-order valence-electron chi connectivity index (χ1n) is 7.08. The summed E-state index contributed by atoms with van der Waals surface area (Å²) in [6, 6.07) is 7.21. The van der Waals surface area contributed by atoms with Gasteiger partial charge in [-0.25, -0.2) is 0 Å². The number of benzene rings is 1. The second-order valence-corrected chi connectivity index (χ2v) is 4.55. The van der Waals surface area contributed by atoms with Crippen LogP contribution in [0.25, 0.3) is 0 Å². The summed E-state index contributed by atoms with van der Waals surface area (Å²) >= 11 is 0. The minimum atomic E-state index is -0.634. The number of carbonyl (C=O) groups excluding carboxylic acids is 1. The van der Waals surface area contributed by atoms with E-state index in [4.69, 9.17) is 9.47 Å². The highest BCUT2D eigenvalue weighted by Gasteiger charge is 2.06. The summed E-state index contributed by atoms with van der Waals surface area (Å²) in [5.41, 5.74) is 0. The molecule has 0 spiro atoms. The Hall–Kier alpha value is -1.79. The molecule has 0 aliphatic rings. The lowest BCUT2D eigenvalue weighted by Crippen LogP contribution is -2.34. The fourth-order valence-electron chi connectivity index (χ4n) is 1.70. The zero-order valence-electron chi connectivity index (χ0n) is 12.6. The Morgan fingerprint density at radius 1 is 1.38 bits per heavy atom. The van der Waals surface area contributed by atoms with Crippen molar-refractivity contribution in [3.05, 3.63) is 24.3 Å². The van der Waals surface area contributed by atoms with Gasteiger partial charge in [-0.3, -0.25) is 4.79 Å². The van der Waals surface area contributed by atoms with Gasteiger partial charge in [0.05, 0.1) is 7.11 Å². The van der Waals surface area contributed by atoms with Gasteiger partial charge in [-0.2, -0.15) is 0 Å². The summed E-state index contributed by atoms with van der Waals surface area (Å²) < 4.78 is 10.6. The van der Waals surface area contributed by atoms with Gasteiger partial charge in [-0.15, -0.1) is 0 Å². The van der Waals surface area contributed by atoms with Crippen LogP contribution in [-0.4, -0.2) is 50.5 Å². The molecule has 0 radical (unpaired) electrons. The van der Waals surface area contributed by atoms with E-state index in [1.165, 1.54) is 0 Å². The number of hydrogen-bond acceptors (Lipinski definition) is 5. The third kappa shape index (κ3) is 7.53. The summed E-state index contributed by atoms with van der Waals surface area (Å²) in [4.78, 5) is 11.2. The molecule has 1 aromatic rings. The molecule has 1 amide bonds. The molecule has 118 valence electrons. The monoisotopic (exact) mass is 296 g/mol. The molecule has 3 N–H and O–H groups in total. The largest absolute Gasteiger partial charge is 0.497 e. The first kappa shape index (κ1) is 17.3. The molecule has 6 heteroatoms. The maximum atomic E-state index is 11.2. The van der Waals surface area contributed by atoms with Crippen LogP contribution < -0.4 is 20.1 Å². The minimum Gasteiger partial charge on any atom is -0.497 e. The highest BCUT2D eigenvalue weighted by atomic mass is 16.5. The Bertz CT molecular complexity index is 426. The van der Waals surface area contributed by atoms with Crippen molar-refractivity contribution in [1.29, 1.82) is 0 Å². The Balaban J connectivity index is 2.16. The van der Waals surface area contributed by atoms with Crippen molar-refractivity contribution in [3.63, 3.8) is 0 Å². The number of carbonyl (C=O) groups is 1. The highest BCUT2D eigenvalue weighted by Crippen LogP contribution is 2.18. The molecule has 0 heterocycles. The number of aliphatic hydroxyl groups is 1. The molecule has 1 rings (SSSR count). The number of aliphatic hydroxyl groups excluding tert-OH is 1. The lowest BCUT2D eigenvalue weighted by Gasteiger charge is -2.13. The van der Waals surface area contributed by atoms with E-state index in [0.717, 1.165) is 0 Å². The van der Waals surface area contributed by atoms with E-state index in [0.29, 0.717) is 37.6 Å². The van der Waals surface area contributed by atoms with Crippen molar-refractivity contribution >= 4 is 5.91 Å². The van der Waals surface area contributed by atoms with Crippen molar-refractivity contribution < 1.29 is 19.4 Å². The molecule has 21 heavy (non-hydrogen) atoms. The molecule has 1 atom stereocenters. The summed E-state index contributed by atoms with van der Waals surface area (Å²) in [5, 5.41) is 15.5. The van der Waals surface area contributed by atoms with Crippen molar-refractivity contribution in [2.75, 3.05) is 33.4 Å². The lowest BCUT2D eigenvalue weighted by atomic mass is 10.3. The second kappa shape index (κ2) is 10.0. The molecule has 0 fully saturated rings. The van der Waals surface area contributed by atoms with Crippen LogP contribution in [0.2, 0.25) is 0 Å². The molecular weight excluding hydrogens is 272 g/mol. The van der Waals surface area contributed by atoms with Crippen LogP contribution in [0.1, 0.15) is 13.3 Å². The number of amides is 1. The molecule has 0 bridgehead atoms. The van der Waals surface area contributed by atoms with Gasteiger partial charge in [0.15, 0.2) is 0 Å². The molecular formula is C15H24N2O4. The van der Waals surface area contributed by atoms with E-state index in [9.17, 15) is 9.90 Å². The maximum absolute atomic E-state index is 11.2. The third-order valence-corrected chi connectivity index (χ3v) is 2.77. The van der Waals surface area contributed by atoms with Gasteiger partial charge in [0, 0.05) is 32.1 Å². The van der Waals surface area contributed by atoms with Crippen molar-refractivity contribution in [2.24, 2.45) is 0 Å². The normalized spacial score (nSPS) is 11.8. The van der Waals surface area contributed by atoms with Crippen LogP contribution in [-0.2, 0) is 4.79 Å². The number of ether oxygens (including phenoxy) is 2. The SMILES string of the molecule is CCNC(=O)CCNCC(O)COc1cccc(OC)c1. The van der Waals surface area contributed by atoms with Gasteiger partial charge in [0.25, 0.3) is 0 Å². The average molecular weight is 296 g/mol. The lowest BCUT2D eigenvalue weighted by molar-refractivity contribution is -0.120. The van der Waals surface area contributed by atoms with E-state index in [2.05, 4.69) is 10.6 Å². The third-order valence-electron chi connectivity index (χ3n) is 2.77. The predicted molar refractivity (Wildman–Crippen MR) is 80.7 cm³/mol. The molecule has 0 saturated heterocycles. The Kier molecular flexibility index (Phi) is 8.23. The zero-order valence-corrected chi connectivity index (χ0v) is 12.6. The summed E-state index contributed by atoms with van der Waals surface area (Å²) in [5.74, 6) is 1.37. The standard InChI is InChI=1S/C15H24N2O4/c1-3-17-15(19)7-8-16-10-12(18)11-21-14-6-4-5-13(9-14)20-2/h4-6,9,12,16,18H,3,7-8,10-11H2,1-2H3,(H,17,19). The van der Waals surface area contributed by atoms with Crippen LogP contribution >= 0.6 is 0 Å². The molecule has 1 unspecified atom stereocenters. The first-order chi connectivity index (χ1) is 10.2. The van der Waals surface area contributed by atoms with Crippen molar-refractivity contribution in [1.82, 2.24) is 10.6 Å². The van der Waals surface area contributed by atoms with Crippen LogP contribution in [0.15, 0.2) is 24.3 Å². The van der Waals surface area contributed by atoms with E-state index in [1.807, 2.05) is 19.1 Å². The topological polar surface area (TPSA) is 79.8 Å². The van der Waals surface area contributed by atoms with Crippen molar-refractivity contribution in [3.8, 4) is 11.5 Å². The van der Waals surface area contributed by atoms with Crippen LogP contribution in [0, 0.1) is 0 Å². The van der Waals surface area contributed by atoms with E-state index in [1.54, 1.807) is 19.2 Å². The van der Waals surface area contributed by atoms with E-state index in [-0.39, 0.29) is 12.5 Å². The van der Waals surface area contributed by atoms with Crippen molar-refractivity contribution in [2.45, 2.75) is 19.4 Å². The van der Waals surface area contributed by atoms with Gasteiger partial charge in [0.1, 0.15) is 24.2 Å². The number of hydrogen-bond donors (Lipinski definition) is 3. The average Bonchev–Trinajstić information content (AvgIpc) is 2.50. The summed E-state index contributed by atoms with van der Waals surface area (Å²) in [6.45, 7) is 3.60. The molecule has 0 saturated carbocycles. The minimum absolute atomic E-state index is 0.00659. The van der Waals surface area contributed by atoms with Gasteiger partial charge in [-0.1, -0.05) is 6.07 Å². The number of methoxy groups -OCH3 is 1. The summed E-state index contributed by atoms with van der Waals surface area (Å²) in [7, 11) is 1.59. The Morgan fingerprint density at radius 3 is 2.86 bits per heavy atom. The Labute approximate surface area is 125 Å². The quantitative estimate of drug-likeness (QED) is 0.550. The molecule has 1 aromatic carbocycles. The number of rotatable bonds is 10. The van der Waals surface area contributed by atoms with Gasteiger partial charge in [0.2, 0.25) is 5.91 Å². The highest BCUT2D eigenvalue weighted by molar-refractivity contribution is 5.75. The molecule has 0 aliphatic carbocycles. The fraction of sp³-hybridized carbons (Fsp3) is 0.533. The summed E-state index contributed by atoms with van der Waals surface area (Å²) in [6.07, 6.45) is -0.234. The van der Waals surface area contributed by atoms with Crippen LogP contribution in [0.3, 0.4) is 0 Å².